The second kappa shape index (κ2) is 5.51. The monoisotopic (exact) mass is 327 g/mol. The Morgan fingerprint density at radius 1 is 1.41 bits per heavy atom. The third-order valence-electron chi connectivity index (χ3n) is 3.62. The summed E-state index contributed by atoms with van der Waals surface area (Å²) in [5, 5.41) is 9.45. The van der Waals surface area contributed by atoms with Crippen LogP contribution in [0, 0.1) is 0 Å². The van der Waals surface area contributed by atoms with Crippen LogP contribution < -0.4 is 4.72 Å². The summed E-state index contributed by atoms with van der Waals surface area (Å²) >= 11 is 0. The van der Waals surface area contributed by atoms with Crippen molar-refractivity contribution in [2.24, 2.45) is 0 Å². The summed E-state index contributed by atoms with van der Waals surface area (Å²) < 4.78 is 27.8. The summed E-state index contributed by atoms with van der Waals surface area (Å²) in [6.45, 7) is 5.11. The molecule has 22 heavy (non-hydrogen) atoms. The van der Waals surface area contributed by atoms with E-state index in [4.69, 9.17) is 0 Å². The quantitative estimate of drug-likeness (QED) is 0.858. The van der Waals surface area contributed by atoms with Crippen LogP contribution in [0.1, 0.15) is 39.3 Å². The van der Waals surface area contributed by atoms with E-state index < -0.39 is 26.5 Å². The normalized spacial score (nSPS) is 17.0. The molecule has 0 unspecified atom stereocenters. The lowest BCUT2D eigenvalue weighted by atomic mass is 10.1. The Morgan fingerprint density at radius 2 is 2.05 bits per heavy atom. The van der Waals surface area contributed by atoms with Crippen LogP contribution in [-0.4, -0.2) is 39.9 Å². The number of nitrogens with one attached hydrogen (secondary N) is 1. The molecule has 0 saturated heterocycles. The summed E-state index contributed by atoms with van der Waals surface area (Å²) in [6.07, 6.45) is 0.950. The fraction of sp³-hybridized carbons (Fsp3) is 0.571. The highest BCUT2D eigenvalue weighted by Crippen LogP contribution is 2.49. The van der Waals surface area contributed by atoms with Crippen molar-refractivity contribution in [2.75, 3.05) is 0 Å². The smallest absolute Gasteiger partial charge is 0.409 e. The molecule has 2 rings (SSSR count). The molecule has 1 aromatic heterocycles. The third-order valence-corrected chi connectivity index (χ3v) is 5.73. The van der Waals surface area contributed by atoms with E-state index >= 15 is 0 Å². The lowest BCUT2D eigenvalue weighted by Crippen LogP contribution is -2.58. The molecule has 0 atom stereocenters. The van der Waals surface area contributed by atoms with Crippen LogP contribution in [-0.2, 0) is 16.6 Å². The Bertz CT molecular complexity index is 648. The molecule has 0 radical (unpaired) electrons. The van der Waals surface area contributed by atoms with Gasteiger partial charge in [-0.2, -0.15) is 0 Å². The Kier molecular flexibility index (Phi) is 4.18. The lowest BCUT2D eigenvalue weighted by Gasteiger charge is -2.39. The van der Waals surface area contributed by atoms with Crippen molar-refractivity contribution in [1.29, 1.82) is 0 Å². The third kappa shape index (κ3) is 3.07. The van der Waals surface area contributed by atoms with E-state index in [9.17, 15) is 18.3 Å². The van der Waals surface area contributed by atoms with Gasteiger partial charge in [0, 0.05) is 11.7 Å². The van der Waals surface area contributed by atoms with Gasteiger partial charge in [0.2, 0.25) is 10.0 Å². The fourth-order valence-corrected chi connectivity index (χ4v) is 4.44. The van der Waals surface area contributed by atoms with Crippen molar-refractivity contribution >= 4 is 16.1 Å². The minimum Gasteiger partial charge on any atom is -0.465 e. The van der Waals surface area contributed by atoms with Crippen LogP contribution in [0.15, 0.2) is 24.4 Å². The number of hydrogen-bond acceptors (Lipinski definition) is 4. The largest absolute Gasteiger partial charge is 0.465 e. The zero-order valence-electron chi connectivity index (χ0n) is 12.9. The number of carbonyl (C=O) groups is 1. The number of rotatable bonds is 5. The van der Waals surface area contributed by atoms with Gasteiger partial charge in [0.1, 0.15) is 0 Å². The molecule has 0 aromatic carbocycles. The Labute approximate surface area is 130 Å². The molecular weight excluding hydrogens is 306 g/mol. The maximum absolute atomic E-state index is 12.6. The van der Waals surface area contributed by atoms with Crippen molar-refractivity contribution in [3.8, 4) is 0 Å². The highest BCUT2D eigenvalue weighted by Gasteiger charge is 2.63. The number of carboxylic acid groups (broad SMARTS) is 1. The SMILES string of the molecule is CC(C)(C)N(C(=O)O)C1(S(=O)(=O)NCc2ccccn2)CC1. The van der Waals surface area contributed by atoms with Crippen LogP contribution in [0.5, 0.6) is 0 Å². The maximum Gasteiger partial charge on any atom is 0.409 e. The molecule has 1 aliphatic carbocycles. The first-order chi connectivity index (χ1) is 10.1. The van der Waals surface area contributed by atoms with E-state index in [1.54, 1.807) is 45.2 Å². The van der Waals surface area contributed by atoms with Crippen molar-refractivity contribution in [1.82, 2.24) is 14.6 Å². The number of nitrogens with zero attached hydrogens (tertiary/aromatic N) is 2. The van der Waals surface area contributed by atoms with E-state index in [2.05, 4.69) is 9.71 Å². The van der Waals surface area contributed by atoms with Crippen LogP contribution in [0.25, 0.3) is 0 Å². The minimum absolute atomic E-state index is 0.0442. The summed E-state index contributed by atoms with van der Waals surface area (Å²) in [7, 11) is -3.82. The average Bonchev–Trinajstić information content (AvgIpc) is 3.17. The van der Waals surface area contributed by atoms with E-state index in [0.717, 1.165) is 4.90 Å². The molecule has 1 heterocycles. The van der Waals surface area contributed by atoms with Crippen molar-refractivity contribution in [2.45, 2.75) is 50.6 Å². The van der Waals surface area contributed by atoms with Crippen molar-refractivity contribution in [3.05, 3.63) is 30.1 Å². The van der Waals surface area contributed by atoms with Gasteiger partial charge in [-0.3, -0.25) is 9.88 Å². The van der Waals surface area contributed by atoms with Gasteiger partial charge in [-0.1, -0.05) is 6.07 Å². The lowest BCUT2D eigenvalue weighted by molar-refractivity contribution is 0.0839. The minimum atomic E-state index is -3.82. The molecule has 2 N–H and O–H groups in total. The molecule has 1 aromatic rings. The predicted octanol–water partition coefficient (Wildman–Crippen LogP) is 1.77. The molecule has 7 nitrogen and oxygen atoms in total. The molecule has 1 saturated carbocycles. The van der Waals surface area contributed by atoms with Crippen LogP contribution in [0.4, 0.5) is 4.79 Å². The predicted molar refractivity (Wildman–Crippen MR) is 81.6 cm³/mol. The van der Waals surface area contributed by atoms with Gasteiger partial charge in [0.25, 0.3) is 0 Å². The van der Waals surface area contributed by atoms with Crippen LogP contribution >= 0.6 is 0 Å². The first-order valence-corrected chi connectivity index (χ1v) is 8.51. The van der Waals surface area contributed by atoms with E-state index in [-0.39, 0.29) is 6.54 Å². The first-order valence-electron chi connectivity index (χ1n) is 7.02. The van der Waals surface area contributed by atoms with Gasteiger partial charge in [0.05, 0.1) is 12.2 Å². The van der Waals surface area contributed by atoms with Crippen molar-refractivity contribution < 1.29 is 18.3 Å². The second-order valence-corrected chi connectivity index (χ2v) is 8.44. The number of sulfonamides is 1. The molecule has 0 spiro atoms. The fourth-order valence-electron chi connectivity index (χ4n) is 2.60. The Hall–Kier alpha value is -1.67. The zero-order valence-corrected chi connectivity index (χ0v) is 13.7. The molecular formula is C14H21N3O4S. The second-order valence-electron chi connectivity index (χ2n) is 6.38. The van der Waals surface area contributed by atoms with E-state index in [1.165, 1.54) is 0 Å². The standard InChI is InChI=1S/C14H21N3O4S/c1-13(2,3)17(12(18)19)14(7-8-14)22(20,21)16-10-11-6-4-5-9-15-11/h4-6,9,16H,7-8,10H2,1-3H3,(H,18,19). The summed E-state index contributed by atoms with van der Waals surface area (Å²) in [5.74, 6) is 0. The Morgan fingerprint density at radius 3 is 2.45 bits per heavy atom. The summed E-state index contributed by atoms with van der Waals surface area (Å²) in [5.41, 5.74) is -0.221. The maximum atomic E-state index is 12.6. The van der Waals surface area contributed by atoms with Gasteiger partial charge in [-0.15, -0.1) is 0 Å². The summed E-state index contributed by atoms with van der Waals surface area (Å²) in [4.78, 5) is 15.3. The van der Waals surface area contributed by atoms with Gasteiger partial charge >= 0.3 is 6.09 Å². The van der Waals surface area contributed by atoms with Crippen LogP contribution in [0.3, 0.4) is 0 Å². The highest BCUT2D eigenvalue weighted by molar-refractivity contribution is 7.91. The topological polar surface area (TPSA) is 99.6 Å². The number of aromatic nitrogens is 1. The van der Waals surface area contributed by atoms with E-state index in [0.29, 0.717) is 18.5 Å². The van der Waals surface area contributed by atoms with Gasteiger partial charge in [0.15, 0.2) is 4.87 Å². The molecule has 1 aliphatic rings. The summed E-state index contributed by atoms with van der Waals surface area (Å²) in [6, 6.07) is 5.22. The number of amides is 1. The van der Waals surface area contributed by atoms with Gasteiger partial charge in [-0.25, -0.2) is 17.9 Å². The van der Waals surface area contributed by atoms with Gasteiger partial charge < -0.3 is 5.11 Å². The molecule has 1 fully saturated rings. The van der Waals surface area contributed by atoms with Crippen molar-refractivity contribution in [3.63, 3.8) is 0 Å². The Balaban J connectivity index is 2.22. The molecule has 8 heteroatoms. The van der Waals surface area contributed by atoms with E-state index in [1.807, 2.05) is 0 Å². The molecule has 0 bridgehead atoms. The first kappa shape index (κ1) is 16.7. The zero-order chi connectivity index (χ0) is 16.6. The molecule has 0 aliphatic heterocycles. The number of pyridine rings is 1. The van der Waals surface area contributed by atoms with Gasteiger partial charge in [-0.05, 0) is 45.7 Å². The highest BCUT2D eigenvalue weighted by atomic mass is 32.2. The average molecular weight is 327 g/mol. The molecule has 122 valence electrons. The van der Waals surface area contributed by atoms with Crippen LogP contribution in [0.2, 0.25) is 0 Å². The molecule has 1 amide bonds. The number of hydrogen-bond donors (Lipinski definition) is 2.